The van der Waals surface area contributed by atoms with Crippen LogP contribution >= 0.6 is 0 Å². The van der Waals surface area contributed by atoms with Crippen LogP contribution in [-0.4, -0.2) is 57.5 Å². The third-order valence-electron chi connectivity index (χ3n) is 5.25. The summed E-state index contributed by atoms with van der Waals surface area (Å²) < 4.78 is 7.10. The lowest BCUT2D eigenvalue weighted by Gasteiger charge is -2.28. The average Bonchev–Trinajstić information content (AvgIpc) is 3.24. The zero-order valence-electron chi connectivity index (χ0n) is 18.7. The van der Waals surface area contributed by atoms with Crippen LogP contribution in [0.3, 0.4) is 0 Å². The van der Waals surface area contributed by atoms with Gasteiger partial charge in [-0.05, 0) is 43.5 Å². The van der Waals surface area contributed by atoms with Gasteiger partial charge in [-0.2, -0.15) is 4.98 Å². The van der Waals surface area contributed by atoms with Crippen LogP contribution in [0, 0.1) is 0 Å². The van der Waals surface area contributed by atoms with Crippen LogP contribution in [-0.2, 0) is 13.5 Å². The van der Waals surface area contributed by atoms with Crippen molar-refractivity contribution in [2.45, 2.75) is 25.8 Å². The lowest BCUT2D eigenvalue weighted by molar-refractivity contribution is 0.0715. The van der Waals surface area contributed by atoms with Gasteiger partial charge in [0.25, 0.3) is 11.8 Å². The molecule has 3 aromatic rings. The molecule has 0 saturated heterocycles. The number of ether oxygens (including phenoxy) is 1. The molecule has 0 saturated carbocycles. The molecule has 0 aliphatic heterocycles. The fraction of sp³-hybridized carbons (Fsp3) is 0.333. The van der Waals surface area contributed by atoms with Crippen molar-refractivity contribution in [1.29, 1.82) is 0 Å². The second-order valence-corrected chi connectivity index (χ2v) is 7.47. The van der Waals surface area contributed by atoms with Crippen LogP contribution < -0.4 is 10.1 Å². The van der Waals surface area contributed by atoms with Crippen molar-refractivity contribution in [3.63, 3.8) is 0 Å². The monoisotopic (exact) mass is 435 g/mol. The standard InChI is InChI=1S/C24H29N5O3/c1-4-32-24-26-15-13-20(27-24)23(31)29(3)19(17-18-9-6-5-7-10-18)12-14-25-22(30)21-11-8-16-28(21)2/h5-11,13,15-16,19H,4,12,14,17H2,1-3H3,(H,25,30). The number of rotatable bonds is 10. The van der Waals surface area contributed by atoms with Crippen molar-refractivity contribution in [3.05, 3.63) is 77.9 Å². The average molecular weight is 436 g/mol. The Kier molecular flexibility index (Phi) is 7.96. The van der Waals surface area contributed by atoms with Crippen LogP contribution in [0.1, 0.15) is 39.9 Å². The molecule has 0 fully saturated rings. The molecule has 1 unspecified atom stereocenters. The lowest BCUT2D eigenvalue weighted by atomic mass is 10.0. The first-order chi connectivity index (χ1) is 15.5. The minimum atomic E-state index is -0.219. The van der Waals surface area contributed by atoms with Crippen molar-refractivity contribution in [3.8, 4) is 6.01 Å². The summed E-state index contributed by atoms with van der Waals surface area (Å²) >= 11 is 0. The van der Waals surface area contributed by atoms with E-state index >= 15 is 0 Å². The van der Waals surface area contributed by atoms with E-state index in [0.717, 1.165) is 5.56 Å². The van der Waals surface area contributed by atoms with Gasteiger partial charge in [0.15, 0.2) is 0 Å². The number of nitrogens with one attached hydrogen (secondary N) is 1. The SMILES string of the molecule is CCOc1nccc(C(=O)N(C)C(CCNC(=O)c2cccn2C)Cc2ccccc2)n1. The van der Waals surface area contributed by atoms with Crippen LogP contribution in [0.25, 0.3) is 0 Å². The molecule has 2 heterocycles. The topological polar surface area (TPSA) is 89.4 Å². The molecule has 8 heteroatoms. The van der Waals surface area contributed by atoms with Gasteiger partial charge in [0.05, 0.1) is 6.61 Å². The molecule has 1 atom stereocenters. The van der Waals surface area contributed by atoms with Gasteiger partial charge in [0, 0.05) is 39.1 Å². The largest absolute Gasteiger partial charge is 0.464 e. The summed E-state index contributed by atoms with van der Waals surface area (Å²) in [5, 5.41) is 2.96. The van der Waals surface area contributed by atoms with Gasteiger partial charge in [0.1, 0.15) is 11.4 Å². The first kappa shape index (κ1) is 23.0. The number of amides is 2. The Balaban J connectivity index is 1.71. The summed E-state index contributed by atoms with van der Waals surface area (Å²) in [6.45, 7) is 2.70. The molecule has 168 valence electrons. The van der Waals surface area contributed by atoms with E-state index in [0.29, 0.717) is 31.7 Å². The molecule has 0 bridgehead atoms. The van der Waals surface area contributed by atoms with Gasteiger partial charge >= 0.3 is 6.01 Å². The number of carbonyl (C=O) groups excluding carboxylic acids is 2. The molecule has 1 aromatic carbocycles. The zero-order valence-corrected chi connectivity index (χ0v) is 18.7. The first-order valence-electron chi connectivity index (χ1n) is 10.7. The Hall–Kier alpha value is -3.68. The van der Waals surface area contributed by atoms with E-state index in [1.807, 2.05) is 56.6 Å². The van der Waals surface area contributed by atoms with E-state index < -0.39 is 0 Å². The van der Waals surface area contributed by atoms with Crippen molar-refractivity contribution >= 4 is 11.8 Å². The fourth-order valence-electron chi connectivity index (χ4n) is 3.46. The Bertz CT molecular complexity index is 1030. The molecular weight excluding hydrogens is 406 g/mol. The van der Waals surface area contributed by atoms with Crippen molar-refractivity contribution in [1.82, 2.24) is 24.8 Å². The number of nitrogens with zero attached hydrogens (tertiary/aromatic N) is 4. The Labute approximate surface area is 188 Å². The minimum absolute atomic E-state index is 0.135. The smallest absolute Gasteiger partial charge is 0.317 e. The molecule has 1 N–H and O–H groups in total. The second-order valence-electron chi connectivity index (χ2n) is 7.47. The van der Waals surface area contributed by atoms with Gasteiger partial charge in [-0.15, -0.1) is 0 Å². The molecule has 0 aliphatic rings. The number of benzene rings is 1. The number of likely N-dealkylation sites (N-methyl/N-ethyl adjacent to an activating group) is 1. The third kappa shape index (κ3) is 5.94. The number of carbonyl (C=O) groups is 2. The summed E-state index contributed by atoms with van der Waals surface area (Å²) in [5.74, 6) is -0.356. The summed E-state index contributed by atoms with van der Waals surface area (Å²) in [6.07, 6.45) is 4.60. The van der Waals surface area contributed by atoms with E-state index in [9.17, 15) is 9.59 Å². The highest BCUT2D eigenvalue weighted by Crippen LogP contribution is 2.15. The van der Waals surface area contributed by atoms with Crippen LogP contribution in [0.5, 0.6) is 6.01 Å². The van der Waals surface area contributed by atoms with E-state index in [4.69, 9.17) is 4.74 Å². The molecule has 0 aliphatic carbocycles. The van der Waals surface area contributed by atoms with Crippen molar-refractivity contribution in [2.75, 3.05) is 20.2 Å². The van der Waals surface area contributed by atoms with E-state index in [1.165, 1.54) is 6.20 Å². The fourth-order valence-corrected chi connectivity index (χ4v) is 3.46. The highest BCUT2D eigenvalue weighted by molar-refractivity contribution is 5.93. The normalized spacial score (nSPS) is 11.6. The molecule has 3 rings (SSSR count). The lowest BCUT2D eigenvalue weighted by Crippen LogP contribution is -2.41. The maximum absolute atomic E-state index is 13.2. The Morgan fingerprint density at radius 2 is 1.94 bits per heavy atom. The molecule has 2 amide bonds. The highest BCUT2D eigenvalue weighted by atomic mass is 16.5. The van der Waals surface area contributed by atoms with Crippen molar-refractivity contribution < 1.29 is 14.3 Å². The van der Waals surface area contributed by atoms with E-state index in [2.05, 4.69) is 15.3 Å². The summed E-state index contributed by atoms with van der Waals surface area (Å²) in [7, 11) is 3.59. The van der Waals surface area contributed by atoms with Crippen molar-refractivity contribution in [2.24, 2.45) is 7.05 Å². The zero-order chi connectivity index (χ0) is 22.9. The summed E-state index contributed by atoms with van der Waals surface area (Å²) in [5.41, 5.74) is 1.99. The highest BCUT2D eigenvalue weighted by Gasteiger charge is 2.23. The number of hydrogen-bond acceptors (Lipinski definition) is 5. The Morgan fingerprint density at radius 1 is 1.16 bits per heavy atom. The third-order valence-corrected chi connectivity index (χ3v) is 5.25. The molecule has 2 aromatic heterocycles. The summed E-state index contributed by atoms with van der Waals surface area (Å²) in [4.78, 5) is 35.5. The van der Waals surface area contributed by atoms with Crippen LogP contribution in [0.4, 0.5) is 0 Å². The summed E-state index contributed by atoms with van der Waals surface area (Å²) in [6, 6.07) is 15.2. The number of aryl methyl sites for hydroxylation is 1. The van der Waals surface area contributed by atoms with Crippen LogP contribution in [0.15, 0.2) is 60.9 Å². The molecule has 8 nitrogen and oxygen atoms in total. The predicted molar refractivity (Wildman–Crippen MR) is 122 cm³/mol. The maximum atomic E-state index is 13.2. The van der Waals surface area contributed by atoms with E-state index in [-0.39, 0.29) is 29.6 Å². The quantitative estimate of drug-likeness (QED) is 0.529. The first-order valence-corrected chi connectivity index (χ1v) is 10.7. The van der Waals surface area contributed by atoms with Gasteiger partial charge in [-0.25, -0.2) is 4.98 Å². The Morgan fingerprint density at radius 3 is 2.62 bits per heavy atom. The molecule has 0 spiro atoms. The molecular formula is C24H29N5O3. The van der Waals surface area contributed by atoms with Gasteiger partial charge in [-0.3, -0.25) is 9.59 Å². The predicted octanol–water partition coefficient (Wildman–Crippen LogP) is 2.72. The molecule has 0 radical (unpaired) electrons. The number of hydrogen-bond donors (Lipinski definition) is 1. The maximum Gasteiger partial charge on any atom is 0.317 e. The van der Waals surface area contributed by atoms with Crippen LogP contribution in [0.2, 0.25) is 0 Å². The minimum Gasteiger partial charge on any atom is -0.464 e. The van der Waals surface area contributed by atoms with Gasteiger partial charge in [0.2, 0.25) is 0 Å². The second kappa shape index (κ2) is 11.1. The molecule has 32 heavy (non-hydrogen) atoms. The van der Waals surface area contributed by atoms with E-state index in [1.54, 1.807) is 28.6 Å². The van der Waals surface area contributed by atoms with Gasteiger partial charge in [-0.1, -0.05) is 30.3 Å². The van der Waals surface area contributed by atoms with Gasteiger partial charge < -0.3 is 19.5 Å². The number of aromatic nitrogens is 3.